The highest BCUT2D eigenvalue weighted by Gasteiger charge is 2.18. The van der Waals surface area contributed by atoms with Crippen LogP contribution in [-0.2, 0) is 4.74 Å². The van der Waals surface area contributed by atoms with Crippen molar-refractivity contribution in [3.63, 3.8) is 0 Å². The molecule has 0 radical (unpaired) electrons. The molecule has 0 unspecified atom stereocenters. The van der Waals surface area contributed by atoms with Gasteiger partial charge < -0.3 is 9.64 Å². The maximum atomic E-state index is 5.43. The number of hydrogen-bond acceptors (Lipinski definition) is 3. The average molecular weight is 262 g/mol. The molecular formula is C16H26N2O. The van der Waals surface area contributed by atoms with Gasteiger partial charge in [0.05, 0.1) is 6.61 Å². The summed E-state index contributed by atoms with van der Waals surface area (Å²) in [6.07, 6.45) is 0. The SMILES string of the molecule is CCOCCN1CCN(c2cccc(C)c2C)CC1. The fourth-order valence-electron chi connectivity index (χ4n) is 2.63. The molecule has 1 aliphatic rings. The van der Waals surface area contributed by atoms with E-state index in [-0.39, 0.29) is 0 Å². The summed E-state index contributed by atoms with van der Waals surface area (Å²) in [5.41, 5.74) is 4.21. The second-order valence-electron chi connectivity index (χ2n) is 5.24. The normalized spacial score (nSPS) is 16.9. The lowest BCUT2D eigenvalue weighted by Gasteiger charge is -2.37. The molecule has 1 aliphatic heterocycles. The van der Waals surface area contributed by atoms with Gasteiger partial charge in [-0.05, 0) is 38.0 Å². The molecule has 0 saturated carbocycles. The molecular weight excluding hydrogens is 236 g/mol. The molecule has 0 amide bonds. The first kappa shape index (κ1) is 14.4. The van der Waals surface area contributed by atoms with Gasteiger partial charge in [0.1, 0.15) is 0 Å². The molecule has 3 nitrogen and oxygen atoms in total. The second kappa shape index (κ2) is 6.92. The molecule has 0 aromatic heterocycles. The standard InChI is InChI=1S/C16H26N2O/c1-4-19-13-12-17-8-10-18(11-9-17)16-7-5-6-14(2)15(16)3/h5-7H,4,8-13H2,1-3H3. The van der Waals surface area contributed by atoms with E-state index in [9.17, 15) is 0 Å². The van der Waals surface area contributed by atoms with Gasteiger partial charge in [0.25, 0.3) is 0 Å². The number of benzene rings is 1. The summed E-state index contributed by atoms with van der Waals surface area (Å²) in [4.78, 5) is 5.01. The largest absolute Gasteiger partial charge is 0.380 e. The molecule has 106 valence electrons. The van der Waals surface area contributed by atoms with E-state index in [1.54, 1.807) is 0 Å². The minimum absolute atomic E-state index is 0.822. The molecule has 1 aromatic rings. The highest BCUT2D eigenvalue weighted by atomic mass is 16.5. The third-order valence-electron chi connectivity index (χ3n) is 4.04. The molecule has 0 bridgehead atoms. The van der Waals surface area contributed by atoms with Crippen molar-refractivity contribution >= 4 is 5.69 Å². The Morgan fingerprint density at radius 2 is 1.84 bits per heavy atom. The van der Waals surface area contributed by atoms with Crippen molar-refractivity contribution in [2.45, 2.75) is 20.8 Å². The predicted octanol–water partition coefficient (Wildman–Crippen LogP) is 2.46. The van der Waals surface area contributed by atoms with Gasteiger partial charge in [-0.25, -0.2) is 0 Å². The number of nitrogens with zero attached hydrogens (tertiary/aromatic N) is 2. The summed E-state index contributed by atoms with van der Waals surface area (Å²) in [5.74, 6) is 0. The van der Waals surface area contributed by atoms with Crippen LogP contribution in [-0.4, -0.2) is 50.8 Å². The van der Waals surface area contributed by atoms with Crippen molar-refractivity contribution in [1.82, 2.24) is 4.90 Å². The number of rotatable bonds is 5. The Bertz CT molecular complexity index is 398. The van der Waals surface area contributed by atoms with Gasteiger partial charge in [0, 0.05) is 45.0 Å². The van der Waals surface area contributed by atoms with Gasteiger partial charge >= 0.3 is 0 Å². The van der Waals surface area contributed by atoms with Crippen molar-refractivity contribution in [3.8, 4) is 0 Å². The van der Waals surface area contributed by atoms with Gasteiger partial charge in [0.2, 0.25) is 0 Å². The Kier molecular flexibility index (Phi) is 5.23. The third-order valence-corrected chi connectivity index (χ3v) is 4.04. The molecule has 2 rings (SSSR count). The Labute approximate surface area is 117 Å². The van der Waals surface area contributed by atoms with Crippen LogP contribution in [0.1, 0.15) is 18.1 Å². The minimum Gasteiger partial charge on any atom is -0.380 e. The first-order valence-corrected chi connectivity index (χ1v) is 7.33. The monoisotopic (exact) mass is 262 g/mol. The van der Waals surface area contributed by atoms with Crippen LogP contribution in [0.3, 0.4) is 0 Å². The molecule has 1 saturated heterocycles. The maximum absolute atomic E-state index is 5.43. The van der Waals surface area contributed by atoms with Crippen LogP contribution in [0.25, 0.3) is 0 Å². The summed E-state index contributed by atoms with van der Waals surface area (Å²) >= 11 is 0. The van der Waals surface area contributed by atoms with E-state index in [0.29, 0.717) is 0 Å². The molecule has 0 atom stereocenters. The van der Waals surface area contributed by atoms with Gasteiger partial charge in [-0.1, -0.05) is 12.1 Å². The minimum atomic E-state index is 0.822. The number of aryl methyl sites for hydroxylation is 1. The number of anilines is 1. The Balaban J connectivity index is 1.87. The lowest BCUT2D eigenvalue weighted by Crippen LogP contribution is -2.47. The Morgan fingerprint density at radius 3 is 2.53 bits per heavy atom. The van der Waals surface area contributed by atoms with Crippen molar-refractivity contribution in [3.05, 3.63) is 29.3 Å². The van der Waals surface area contributed by atoms with E-state index in [2.05, 4.69) is 48.8 Å². The zero-order chi connectivity index (χ0) is 13.7. The first-order chi connectivity index (χ1) is 9.22. The van der Waals surface area contributed by atoms with Crippen molar-refractivity contribution in [2.75, 3.05) is 50.8 Å². The van der Waals surface area contributed by atoms with E-state index in [1.807, 2.05) is 0 Å². The molecule has 1 heterocycles. The van der Waals surface area contributed by atoms with Crippen LogP contribution in [0.4, 0.5) is 5.69 Å². The van der Waals surface area contributed by atoms with Crippen molar-refractivity contribution < 1.29 is 4.74 Å². The molecule has 1 aromatic carbocycles. The molecule has 1 fully saturated rings. The third kappa shape index (κ3) is 3.71. The fourth-order valence-corrected chi connectivity index (χ4v) is 2.63. The van der Waals surface area contributed by atoms with Crippen LogP contribution in [0.5, 0.6) is 0 Å². The molecule has 0 aliphatic carbocycles. The predicted molar refractivity (Wildman–Crippen MR) is 81.1 cm³/mol. The van der Waals surface area contributed by atoms with Gasteiger partial charge in [-0.15, -0.1) is 0 Å². The van der Waals surface area contributed by atoms with Crippen LogP contribution >= 0.6 is 0 Å². The summed E-state index contributed by atoms with van der Waals surface area (Å²) in [7, 11) is 0. The summed E-state index contributed by atoms with van der Waals surface area (Å²) < 4.78 is 5.43. The van der Waals surface area contributed by atoms with Crippen molar-refractivity contribution in [1.29, 1.82) is 0 Å². The molecule has 19 heavy (non-hydrogen) atoms. The topological polar surface area (TPSA) is 15.7 Å². The van der Waals surface area contributed by atoms with Crippen LogP contribution < -0.4 is 4.90 Å². The molecule has 3 heteroatoms. The smallest absolute Gasteiger partial charge is 0.0593 e. The van der Waals surface area contributed by atoms with Crippen LogP contribution in [0.2, 0.25) is 0 Å². The lowest BCUT2D eigenvalue weighted by molar-refractivity contribution is 0.111. The lowest BCUT2D eigenvalue weighted by atomic mass is 10.1. The summed E-state index contributed by atoms with van der Waals surface area (Å²) in [6.45, 7) is 13.7. The van der Waals surface area contributed by atoms with Crippen LogP contribution in [0, 0.1) is 13.8 Å². The quantitative estimate of drug-likeness (QED) is 0.758. The zero-order valence-electron chi connectivity index (χ0n) is 12.5. The first-order valence-electron chi connectivity index (χ1n) is 7.33. The van der Waals surface area contributed by atoms with Gasteiger partial charge in [-0.2, -0.15) is 0 Å². The summed E-state index contributed by atoms with van der Waals surface area (Å²) in [5, 5.41) is 0. The van der Waals surface area contributed by atoms with Gasteiger partial charge in [0.15, 0.2) is 0 Å². The van der Waals surface area contributed by atoms with E-state index < -0.39 is 0 Å². The second-order valence-corrected chi connectivity index (χ2v) is 5.24. The maximum Gasteiger partial charge on any atom is 0.0593 e. The number of piperazine rings is 1. The van der Waals surface area contributed by atoms with Gasteiger partial charge in [-0.3, -0.25) is 4.90 Å². The molecule has 0 N–H and O–H groups in total. The Morgan fingerprint density at radius 1 is 1.11 bits per heavy atom. The van der Waals surface area contributed by atoms with Crippen molar-refractivity contribution in [2.24, 2.45) is 0 Å². The highest BCUT2D eigenvalue weighted by Crippen LogP contribution is 2.23. The number of ether oxygens (including phenoxy) is 1. The zero-order valence-corrected chi connectivity index (χ0v) is 12.5. The average Bonchev–Trinajstić information content (AvgIpc) is 2.43. The van der Waals surface area contributed by atoms with Crippen LogP contribution in [0.15, 0.2) is 18.2 Å². The Hall–Kier alpha value is -1.06. The molecule has 0 spiro atoms. The number of hydrogen-bond donors (Lipinski definition) is 0. The fraction of sp³-hybridized carbons (Fsp3) is 0.625. The van der Waals surface area contributed by atoms with E-state index in [0.717, 1.165) is 45.9 Å². The van der Waals surface area contributed by atoms with E-state index in [1.165, 1.54) is 16.8 Å². The summed E-state index contributed by atoms with van der Waals surface area (Å²) in [6, 6.07) is 6.61. The highest BCUT2D eigenvalue weighted by molar-refractivity contribution is 5.56. The van der Waals surface area contributed by atoms with E-state index in [4.69, 9.17) is 4.74 Å². The van der Waals surface area contributed by atoms with E-state index >= 15 is 0 Å².